The summed E-state index contributed by atoms with van der Waals surface area (Å²) >= 11 is 0. The predicted octanol–water partition coefficient (Wildman–Crippen LogP) is -4.27. The van der Waals surface area contributed by atoms with Gasteiger partial charge in [-0.1, -0.05) is 0 Å². The van der Waals surface area contributed by atoms with Crippen LogP contribution in [0, 0.1) is 0 Å². The van der Waals surface area contributed by atoms with Gasteiger partial charge in [0, 0.05) is 0 Å². The number of hydrogen-bond donors (Lipinski definition) is 2. The molecule has 7 heteroatoms. The summed E-state index contributed by atoms with van der Waals surface area (Å²) in [6, 6.07) is 0. The summed E-state index contributed by atoms with van der Waals surface area (Å²) in [6.07, 6.45) is 0. The van der Waals surface area contributed by atoms with E-state index < -0.39 is 9.17 Å². The molecule has 0 bridgehead atoms. The Balaban J connectivity index is -0.0000000150. The van der Waals surface area contributed by atoms with E-state index in [9.17, 15) is 0 Å². The van der Waals surface area contributed by atoms with Crippen LogP contribution in [0.3, 0.4) is 0 Å². The standard InChI is InChI=1S/2Ca.H2O3Si.H2O.4H/c;;1-4(2)3;;;;;/h;;1-2H;1H2;;;;. The number of hydrogen-bond acceptors (Lipinski definition) is 1. The van der Waals surface area contributed by atoms with E-state index >= 15 is 0 Å². The fourth-order valence-corrected chi connectivity index (χ4v) is 0. The van der Waals surface area contributed by atoms with Gasteiger partial charge in [-0.05, 0) is 0 Å². The van der Waals surface area contributed by atoms with Crippen molar-refractivity contribution >= 4 is 84.6 Å². The van der Waals surface area contributed by atoms with Crippen LogP contribution in [-0.2, 0) is 4.46 Å². The van der Waals surface area contributed by atoms with E-state index in [-0.39, 0.29) is 81.0 Å². The van der Waals surface area contributed by atoms with E-state index in [0.29, 0.717) is 0 Å². The van der Waals surface area contributed by atoms with Gasteiger partial charge in [-0.2, -0.15) is 0 Å². The first-order valence-electron chi connectivity index (χ1n) is 0.651. The molecule has 0 rings (SSSR count). The van der Waals surface area contributed by atoms with Crippen LogP contribution < -0.4 is 0 Å². The van der Waals surface area contributed by atoms with Gasteiger partial charge in [0.1, 0.15) is 0 Å². The van der Waals surface area contributed by atoms with Crippen molar-refractivity contribution in [2.75, 3.05) is 0 Å². The van der Waals surface area contributed by atoms with E-state index in [4.69, 9.17) is 14.1 Å². The molecule has 0 spiro atoms. The third-order valence-electron chi connectivity index (χ3n) is 0. The molecule has 0 amide bonds. The van der Waals surface area contributed by atoms with Crippen LogP contribution in [0.4, 0.5) is 0 Å². The van der Waals surface area contributed by atoms with Crippen molar-refractivity contribution < 1.29 is 19.5 Å². The molecule has 0 saturated carbocycles. The van der Waals surface area contributed by atoms with E-state index in [1.807, 2.05) is 0 Å². The Morgan fingerprint density at radius 3 is 1.14 bits per heavy atom. The molecule has 4 nitrogen and oxygen atoms in total. The molecule has 0 radical (unpaired) electrons. The molecule has 0 aliphatic carbocycles. The quantitative estimate of drug-likeness (QED) is 0.370. The Kier molecular flexibility index (Phi) is 51.5. The molecule has 4 N–H and O–H groups in total. The van der Waals surface area contributed by atoms with E-state index in [0.717, 1.165) is 0 Å². The minimum absolute atomic E-state index is 0. The summed E-state index contributed by atoms with van der Waals surface area (Å²) in [5.74, 6) is 0. The Bertz CT molecular complexity index is 32.7. The van der Waals surface area contributed by atoms with Crippen LogP contribution in [0.1, 0.15) is 0 Å². The first kappa shape index (κ1) is 23.0. The first-order chi connectivity index (χ1) is 1.73. The average molecular weight is 180 g/mol. The molecule has 0 aliphatic rings. The van der Waals surface area contributed by atoms with E-state index in [2.05, 4.69) is 0 Å². The molecule has 0 aromatic heterocycles. The monoisotopic (exact) mass is 180 g/mol. The van der Waals surface area contributed by atoms with Gasteiger partial charge >= 0.3 is 84.6 Å². The maximum absolute atomic E-state index is 8.74. The number of rotatable bonds is 0. The van der Waals surface area contributed by atoms with Gasteiger partial charge in [-0.15, -0.1) is 0 Å². The fraction of sp³-hybridized carbons (Fsp3) is 0. The summed E-state index contributed by atoms with van der Waals surface area (Å²) in [5, 5.41) is 0. The zero-order valence-electron chi connectivity index (χ0n) is 2.30. The molecule has 40 valence electrons. The molecular weight excluding hydrogens is 172 g/mol. The second kappa shape index (κ2) is 15.7. The maximum atomic E-state index is 8.74. The van der Waals surface area contributed by atoms with Crippen LogP contribution in [0.25, 0.3) is 0 Å². The van der Waals surface area contributed by atoms with E-state index in [1.165, 1.54) is 0 Å². The van der Waals surface area contributed by atoms with Gasteiger partial charge in [0.2, 0.25) is 0 Å². The molecule has 0 heterocycles. The molecule has 0 aromatic rings. The van der Waals surface area contributed by atoms with Crippen LogP contribution in [-0.4, -0.2) is 99.7 Å². The first-order valence-corrected chi connectivity index (χ1v) is 1.95. The Labute approximate surface area is 102 Å². The Morgan fingerprint density at radius 1 is 1.14 bits per heavy atom. The molecule has 0 saturated heterocycles. The van der Waals surface area contributed by atoms with Gasteiger partial charge in [0.05, 0.1) is 0 Å². The van der Waals surface area contributed by atoms with Crippen LogP contribution >= 0.6 is 0 Å². The van der Waals surface area contributed by atoms with Crippen molar-refractivity contribution in [3.8, 4) is 0 Å². The van der Waals surface area contributed by atoms with Crippen molar-refractivity contribution in [3.05, 3.63) is 0 Å². The molecule has 0 aromatic carbocycles. The molecule has 7 heavy (non-hydrogen) atoms. The van der Waals surface area contributed by atoms with Gasteiger partial charge in [0.15, 0.2) is 0 Å². The average Bonchev–Trinajstić information content (AvgIpc) is 0.811. The normalized spacial score (nSPS) is 3.43. The summed E-state index contributed by atoms with van der Waals surface area (Å²) < 4.78 is 8.74. The van der Waals surface area contributed by atoms with Gasteiger partial charge in [-0.3, -0.25) is 4.46 Å². The predicted molar refractivity (Wildman–Crippen MR) is 31.6 cm³/mol. The Morgan fingerprint density at radius 2 is 1.14 bits per heavy atom. The van der Waals surface area contributed by atoms with Crippen molar-refractivity contribution in [1.29, 1.82) is 0 Å². The van der Waals surface area contributed by atoms with Crippen LogP contribution in [0.15, 0.2) is 0 Å². The van der Waals surface area contributed by atoms with Gasteiger partial charge < -0.3 is 15.1 Å². The zero-order valence-corrected chi connectivity index (χ0v) is 3.30. The molecule has 0 unspecified atom stereocenters. The van der Waals surface area contributed by atoms with Crippen molar-refractivity contribution in [3.63, 3.8) is 0 Å². The fourth-order valence-electron chi connectivity index (χ4n) is 0. The second-order valence-corrected chi connectivity index (χ2v) is 0.848. The minimum atomic E-state index is -3.13. The van der Waals surface area contributed by atoms with Crippen molar-refractivity contribution in [1.82, 2.24) is 0 Å². The summed E-state index contributed by atoms with van der Waals surface area (Å²) in [4.78, 5) is 14.3. The van der Waals surface area contributed by atoms with Crippen LogP contribution in [0.5, 0.6) is 0 Å². The second-order valence-electron chi connectivity index (χ2n) is 0.283. The SMILES string of the molecule is O.O=[Si](O)O.[CaH2].[CaH2]. The van der Waals surface area contributed by atoms with Crippen LogP contribution in [0.2, 0.25) is 0 Å². The van der Waals surface area contributed by atoms with Crippen molar-refractivity contribution in [2.24, 2.45) is 0 Å². The summed E-state index contributed by atoms with van der Waals surface area (Å²) in [5.41, 5.74) is 0. The van der Waals surface area contributed by atoms with Gasteiger partial charge in [0.25, 0.3) is 0 Å². The molecule has 0 aliphatic heterocycles. The van der Waals surface area contributed by atoms with E-state index in [1.54, 1.807) is 0 Å². The van der Waals surface area contributed by atoms with Crippen molar-refractivity contribution in [2.45, 2.75) is 0 Å². The summed E-state index contributed by atoms with van der Waals surface area (Å²) in [6.45, 7) is 0. The Hall–Kier alpha value is 2.10. The topological polar surface area (TPSA) is 89.0 Å². The van der Waals surface area contributed by atoms with Gasteiger partial charge in [-0.25, -0.2) is 0 Å². The molecule has 0 atom stereocenters. The third-order valence-corrected chi connectivity index (χ3v) is 0. The summed E-state index contributed by atoms with van der Waals surface area (Å²) in [7, 11) is -3.13. The molecular formula is H8Ca2O4Si. The molecule has 0 fully saturated rings. The zero-order chi connectivity index (χ0) is 3.58. The third kappa shape index (κ3) is 68.5.